The van der Waals surface area contributed by atoms with Crippen LogP contribution in [-0.4, -0.2) is 34.7 Å². The van der Waals surface area contributed by atoms with E-state index in [1.54, 1.807) is 9.80 Å². The van der Waals surface area contributed by atoms with Crippen LogP contribution in [0.1, 0.15) is 57.1 Å². The summed E-state index contributed by atoms with van der Waals surface area (Å²) in [6.45, 7) is 9.66. The van der Waals surface area contributed by atoms with Gasteiger partial charge in [-0.25, -0.2) is 0 Å². The van der Waals surface area contributed by atoms with Crippen LogP contribution >= 0.6 is 0 Å². The molecule has 2 aromatic rings. The van der Waals surface area contributed by atoms with Gasteiger partial charge < -0.3 is 14.2 Å². The molecule has 29 heavy (non-hydrogen) atoms. The predicted octanol–water partition coefficient (Wildman–Crippen LogP) is 4.79. The lowest BCUT2D eigenvalue weighted by molar-refractivity contribution is -0.141. The maximum Gasteiger partial charge on any atom is 0.242 e. The van der Waals surface area contributed by atoms with Gasteiger partial charge in [0.25, 0.3) is 0 Å². The number of amides is 2. The number of hydrogen-bond donors (Lipinski definition) is 0. The van der Waals surface area contributed by atoms with E-state index < -0.39 is 0 Å². The second-order valence-electron chi connectivity index (χ2n) is 8.02. The predicted molar refractivity (Wildman–Crippen MR) is 115 cm³/mol. The Hall–Kier alpha value is -2.56. The standard InChI is InChI=1S/C24H34N2O3/c1-5-6-12-23(27)25(15-19(2)3)18-24(28)26(16-21-10-8-7-9-11-21)17-22-14-13-20(4)29-22/h7-11,13-14,19H,5-6,12,15-18H2,1-4H3. The van der Waals surface area contributed by atoms with E-state index >= 15 is 0 Å². The fraction of sp³-hybridized carbons (Fsp3) is 0.500. The lowest BCUT2D eigenvalue weighted by atomic mass is 10.1. The number of aryl methyl sites for hydroxylation is 1. The van der Waals surface area contributed by atoms with Crippen LogP contribution in [0.3, 0.4) is 0 Å². The van der Waals surface area contributed by atoms with Crippen molar-refractivity contribution in [3.63, 3.8) is 0 Å². The molecule has 5 nitrogen and oxygen atoms in total. The third-order valence-electron chi connectivity index (χ3n) is 4.72. The van der Waals surface area contributed by atoms with Crippen LogP contribution in [0, 0.1) is 12.8 Å². The fourth-order valence-corrected chi connectivity index (χ4v) is 3.24. The van der Waals surface area contributed by atoms with E-state index in [1.165, 1.54) is 0 Å². The van der Waals surface area contributed by atoms with Crippen molar-refractivity contribution < 1.29 is 14.0 Å². The van der Waals surface area contributed by atoms with Crippen LogP contribution in [0.4, 0.5) is 0 Å². The van der Waals surface area contributed by atoms with Gasteiger partial charge in [0.15, 0.2) is 0 Å². The largest absolute Gasteiger partial charge is 0.464 e. The molecule has 0 atom stereocenters. The topological polar surface area (TPSA) is 53.8 Å². The Kier molecular flexibility index (Phi) is 8.97. The van der Waals surface area contributed by atoms with E-state index in [0.29, 0.717) is 32.0 Å². The lowest BCUT2D eigenvalue weighted by Gasteiger charge is -2.28. The molecule has 0 spiro atoms. The maximum atomic E-state index is 13.2. The van der Waals surface area contributed by atoms with Gasteiger partial charge in [-0.2, -0.15) is 0 Å². The summed E-state index contributed by atoms with van der Waals surface area (Å²) in [5.41, 5.74) is 1.05. The van der Waals surface area contributed by atoms with Crippen molar-refractivity contribution in [1.82, 2.24) is 9.80 Å². The van der Waals surface area contributed by atoms with Crippen molar-refractivity contribution in [2.75, 3.05) is 13.1 Å². The minimum atomic E-state index is -0.0617. The third-order valence-corrected chi connectivity index (χ3v) is 4.72. The number of rotatable bonds is 11. The van der Waals surface area contributed by atoms with Gasteiger partial charge in [0.05, 0.1) is 13.1 Å². The van der Waals surface area contributed by atoms with Gasteiger partial charge in [0, 0.05) is 19.5 Å². The lowest BCUT2D eigenvalue weighted by Crippen LogP contribution is -2.43. The van der Waals surface area contributed by atoms with Gasteiger partial charge in [-0.15, -0.1) is 0 Å². The molecule has 0 unspecified atom stereocenters. The number of unbranched alkanes of at least 4 members (excludes halogenated alkanes) is 1. The molecule has 0 saturated carbocycles. The zero-order valence-electron chi connectivity index (χ0n) is 18.2. The van der Waals surface area contributed by atoms with Gasteiger partial charge in [-0.3, -0.25) is 9.59 Å². The summed E-state index contributed by atoms with van der Waals surface area (Å²) >= 11 is 0. The fourth-order valence-electron chi connectivity index (χ4n) is 3.24. The van der Waals surface area contributed by atoms with E-state index in [2.05, 4.69) is 20.8 Å². The Bertz CT molecular complexity index is 767. The van der Waals surface area contributed by atoms with Gasteiger partial charge in [0.2, 0.25) is 11.8 Å². The molecule has 0 radical (unpaired) electrons. The Morgan fingerprint density at radius 2 is 1.69 bits per heavy atom. The molecular weight excluding hydrogens is 364 g/mol. The first kappa shape index (κ1) is 22.7. The first-order chi connectivity index (χ1) is 13.9. The average Bonchev–Trinajstić information content (AvgIpc) is 3.10. The quantitative estimate of drug-likeness (QED) is 0.547. The van der Waals surface area contributed by atoms with Crippen LogP contribution in [0.5, 0.6) is 0 Å². The second kappa shape index (κ2) is 11.4. The molecule has 0 aliphatic heterocycles. The Morgan fingerprint density at radius 1 is 0.966 bits per heavy atom. The zero-order chi connectivity index (χ0) is 21.2. The van der Waals surface area contributed by atoms with Gasteiger partial charge in [-0.1, -0.05) is 57.5 Å². The van der Waals surface area contributed by atoms with Crippen molar-refractivity contribution in [2.24, 2.45) is 5.92 Å². The van der Waals surface area contributed by atoms with Crippen LogP contribution in [0.2, 0.25) is 0 Å². The van der Waals surface area contributed by atoms with E-state index in [4.69, 9.17) is 4.42 Å². The first-order valence-electron chi connectivity index (χ1n) is 10.5. The molecule has 158 valence electrons. The molecule has 1 aromatic heterocycles. The summed E-state index contributed by atoms with van der Waals surface area (Å²) in [6.07, 6.45) is 2.31. The summed E-state index contributed by atoms with van der Waals surface area (Å²) in [6, 6.07) is 13.7. The number of hydrogen-bond acceptors (Lipinski definition) is 3. The summed E-state index contributed by atoms with van der Waals surface area (Å²) < 4.78 is 5.70. The molecule has 1 aromatic carbocycles. The van der Waals surface area contributed by atoms with Crippen LogP contribution < -0.4 is 0 Å². The Labute approximate surface area is 174 Å². The highest BCUT2D eigenvalue weighted by molar-refractivity contribution is 5.84. The molecule has 0 N–H and O–H groups in total. The van der Waals surface area contributed by atoms with E-state index in [9.17, 15) is 9.59 Å². The van der Waals surface area contributed by atoms with E-state index in [0.717, 1.165) is 29.9 Å². The summed E-state index contributed by atoms with van der Waals surface area (Å²) in [7, 11) is 0. The molecule has 5 heteroatoms. The smallest absolute Gasteiger partial charge is 0.242 e. The molecule has 2 rings (SSSR count). The minimum Gasteiger partial charge on any atom is -0.464 e. The van der Waals surface area contributed by atoms with Crippen molar-refractivity contribution in [3.8, 4) is 0 Å². The minimum absolute atomic E-state index is 0.0578. The summed E-state index contributed by atoms with van der Waals surface area (Å²) in [5.74, 6) is 1.88. The molecule has 0 saturated heterocycles. The van der Waals surface area contributed by atoms with Gasteiger partial charge >= 0.3 is 0 Å². The molecule has 2 amide bonds. The molecule has 1 heterocycles. The molecular formula is C24H34N2O3. The normalized spacial score (nSPS) is 10.9. The molecule has 0 aliphatic rings. The summed E-state index contributed by atoms with van der Waals surface area (Å²) in [5, 5.41) is 0. The zero-order valence-corrected chi connectivity index (χ0v) is 18.2. The molecule has 0 aliphatic carbocycles. The highest BCUT2D eigenvalue weighted by Gasteiger charge is 2.23. The average molecular weight is 399 g/mol. The molecule has 0 fully saturated rings. The van der Waals surface area contributed by atoms with Gasteiger partial charge in [0.1, 0.15) is 11.5 Å². The van der Waals surface area contributed by atoms with Crippen molar-refractivity contribution in [3.05, 3.63) is 59.5 Å². The highest BCUT2D eigenvalue weighted by Crippen LogP contribution is 2.14. The number of furan rings is 1. The van der Waals surface area contributed by atoms with Crippen molar-refractivity contribution in [1.29, 1.82) is 0 Å². The monoisotopic (exact) mass is 398 g/mol. The highest BCUT2D eigenvalue weighted by atomic mass is 16.3. The maximum absolute atomic E-state index is 13.2. The van der Waals surface area contributed by atoms with Crippen LogP contribution in [-0.2, 0) is 22.7 Å². The third kappa shape index (κ3) is 7.76. The Morgan fingerprint density at radius 3 is 2.28 bits per heavy atom. The van der Waals surface area contributed by atoms with Crippen molar-refractivity contribution >= 4 is 11.8 Å². The number of benzene rings is 1. The summed E-state index contributed by atoms with van der Waals surface area (Å²) in [4.78, 5) is 29.4. The van der Waals surface area contributed by atoms with Crippen molar-refractivity contribution in [2.45, 2.75) is 60.0 Å². The molecule has 0 bridgehead atoms. The Balaban J connectivity index is 2.15. The van der Waals surface area contributed by atoms with Crippen LogP contribution in [0.25, 0.3) is 0 Å². The number of carbonyl (C=O) groups is 2. The number of nitrogens with zero attached hydrogens (tertiary/aromatic N) is 2. The second-order valence-corrected chi connectivity index (χ2v) is 8.02. The SMILES string of the molecule is CCCCC(=O)N(CC(=O)N(Cc1ccccc1)Cc1ccc(C)o1)CC(C)C. The van der Waals surface area contributed by atoms with E-state index in [-0.39, 0.29) is 18.4 Å². The van der Waals surface area contributed by atoms with Gasteiger partial charge in [-0.05, 0) is 37.0 Å². The van der Waals surface area contributed by atoms with Crippen LogP contribution in [0.15, 0.2) is 46.9 Å². The number of carbonyl (C=O) groups excluding carboxylic acids is 2. The first-order valence-corrected chi connectivity index (χ1v) is 10.5. The van der Waals surface area contributed by atoms with E-state index in [1.807, 2.05) is 49.4 Å².